The average molecular weight is 292 g/mol. The Morgan fingerprint density at radius 1 is 1.35 bits per heavy atom. The van der Waals surface area contributed by atoms with Gasteiger partial charge in [0.05, 0.1) is 5.01 Å². The van der Waals surface area contributed by atoms with E-state index in [0.717, 1.165) is 36.5 Å². The molecule has 20 heavy (non-hydrogen) atoms. The lowest BCUT2D eigenvalue weighted by Crippen LogP contribution is -2.25. The molecular weight excluding hydrogens is 271 g/mol. The molecule has 1 unspecified atom stereocenters. The van der Waals surface area contributed by atoms with Gasteiger partial charge in [0.25, 0.3) is 0 Å². The lowest BCUT2D eigenvalue weighted by Gasteiger charge is -2.16. The van der Waals surface area contributed by atoms with Gasteiger partial charge >= 0.3 is 0 Å². The first kappa shape index (κ1) is 15.1. The molecule has 1 heterocycles. The number of aryl methyl sites for hydroxylation is 1. The molecule has 0 aliphatic rings. The van der Waals surface area contributed by atoms with Gasteiger partial charge in [0.2, 0.25) is 0 Å². The monoisotopic (exact) mass is 292 g/mol. The summed E-state index contributed by atoms with van der Waals surface area (Å²) >= 11 is 1.75. The molecule has 0 aliphatic carbocycles. The van der Waals surface area contributed by atoms with Gasteiger partial charge in [-0.3, -0.25) is 0 Å². The largest absolute Gasteiger partial charge is 0.317 e. The summed E-state index contributed by atoms with van der Waals surface area (Å²) in [5, 5.41) is 4.51. The summed E-state index contributed by atoms with van der Waals surface area (Å²) in [6.45, 7) is 6.04. The van der Waals surface area contributed by atoms with Crippen LogP contribution in [0.5, 0.6) is 0 Å². The smallest absolute Gasteiger partial charge is 0.123 e. The number of benzene rings is 1. The van der Waals surface area contributed by atoms with Gasteiger partial charge < -0.3 is 5.32 Å². The van der Waals surface area contributed by atoms with Crippen LogP contribution in [-0.4, -0.2) is 18.1 Å². The fraction of sp³-hybridized carbons (Fsp3) is 0.438. The molecule has 0 amide bonds. The zero-order chi connectivity index (χ0) is 14.4. The molecule has 0 aliphatic heterocycles. The van der Waals surface area contributed by atoms with Crippen LogP contribution in [0.4, 0.5) is 4.39 Å². The van der Waals surface area contributed by atoms with E-state index in [9.17, 15) is 4.39 Å². The van der Waals surface area contributed by atoms with Crippen molar-refractivity contribution in [1.82, 2.24) is 10.3 Å². The molecule has 0 radical (unpaired) electrons. The zero-order valence-electron chi connectivity index (χ0n) is 12.0. The van der Waals surface area contributed by atoms with Gasteiger partial charge in [0.15, 0.2) is 0 Å². The van der Waals surface area contributed by atoms with Gasteiger partial charge in [-0.25, -0.2) is 9.37 Å². The van der Waals surface area contributed by atoms with Crippen LogP contribution in [0, 0.1) is 18.7 Å². The second-order valence-corrected chi connectivity index (χ2v) is 6.38. The Bertz CT molecular complexity index is 539. The van der Waals surface area contributed by atoms with Crippen molar-refractivity contribution in [3.05, 3.63) is 51.7 Å². The number of hydrogen-bond acceptors (Lipinski definition) is 3. The minimum Gasteiger partial charge on any atom is -0.317 e. The van der Waals surface area contributed by atoms with Gasteiger partial charge in [-0.15, -0.1) is 11.3 Å². The summed E-state index contributed by atoms with van der Waals surface area (Å²) < 4.78 is 13.3. The lowest BCUT2D eigenvalue weighted by molar-refractivity contribution is 0.479. The quantitative estimate of drug-likeness (QED) is 0.843. The van der Waals surface area contributed by atoms with Crippen LogP contribution in [0.2, 0.25) is 0 Å². The van der Waals surface area contributed by atoms with E-state index in [4.69, 9.17) is 0 Å². The Morgan fingerprint density at radius 2 is 2.20 bits per heavy atom. The van der Waals surface area contributed by atoms with Crippen LogP contribution < -0.4 is 5.32 Å². The Hall–Kier alpha value is -1.26. The van der Waals surface area contributed by atoms with E-state index in [1.165, 1.54) is 10.9 Å². The highest BCUT2D eigenvalue weighted by atomic mass is 32.1. The minimum atomic E-state index is -0.154. The fourth-order valence-corrected chi connectivity index (χ4v) is 3.26. The van der Waals surface area contributed by atoms with Crippen LogP contribution in [-0.2, 0) is 12.8 Å². The predicted octanol–water partition coefficient (Wildman–Crippen LogP) is 3.60. The highest BCUT2D eigenvalue weighted by molar-refractivity contribution is 7.11. The van der Waals surface area contributed by atoms with E-state index in [-0.39, 0.29) is 5.82 Å². The Balaban J connectivity index is 2.02. The van der Waals surface area contributed by atoms with Crippen molar-refractivity contribution in [3.8, 4) is 0 Å². The predicted molar refractivity (Wildman–Crippen MR) is 82.7 cm³/mol. The highest BCUT2D eigenvalue weighted by Gasteiger charge is 2.12. The maximum atomic E-state index is 13.3. The molecule has 2 rings (SSSR count). The highest BCUT2D eigenvalue weighted by Crippen LogP contribution is 2.19. The molecule has 0 bridgehead atoms. The third-order valence-corrected chi connectivity index (χ3v) is 4.19. The molecule has 1 atom stereocenters. The second kappa shape index (κ2) is 7.50. The number of hydrogen-bond donors (Lipinski definition) is 1. The number of nitrogens with zero attached hydrogens (tertiary/aromatic N) is 1. The molecule has 0 fully saturated rings. The normalized spacial score (nSPS) is 12.6. The van der Waals surface area contributed by atoms with Gasteiger partial charge in [0, 0.05) is 11.1 Å². The molecule has 4 heteroatoms. The molecule has 0 spiro atoms. The van der Waals surface area contributed by atoms with Gasteiger partial charge in [-0.05, 0) is 56.5 Å². The molecule has 108 valence electrons. The van der Waals surface area contributed by atoms with Crippen LogP contribution in [0.15, 0.2) is 30.5 Å². The molecular formula is C16H21FN2S. The topological polar surface area (TPSA) is 24.9 Å². The lowest BCUT2D eigenvalue weighted by atomic mass is 9.95. The van der Waals surface area contributed by atoms with Gasteiger partial charge in [0.1, 0.15) is 5.82 Å². The van der Waals surface area contributed by atoms with Crippen molar-refractivity contribution in [2.75, 3.05) is 13.1 Å². The number of thiazole rings is 1. The van der Waals surface area contributed by atoms with Gasteiger partial charge in [-0.2, -0.15) is 0 Å². The number of rotatable bonds is 7. The third kappa shape index (κ3) is 4.69. The van der Waals surface area contributed by atoms with Crippen LogP contribution >= 0.6 is 11.3 Å². The maximum absolute atomic E-state index is 13.3. The minimum absolute atomic E-state index is 0.154. The SMILES string of the molecule is CCNCC(Cc1cccc(F)c1)Cc1cnc(C)s1. The standard InChI is InChI=1S/C16H21FN2S/c1-3-18-10-14(9-16-11-19-12(2)20-16)7-13-5-4-6-15(17)8-13/h4-6,8,11,14,18H,3,7,9-10H2,1-2H3. The number of nitrogens with one attached hydrogen (secondary N) is 1. The second-order valence-electron chi connectivity index (χ2n) is 5.06. The van der Waals surface area contributed by atoms with E-state index in [2.05, 4.69) is 17.2 Å². The average Bonchev–Trinajstić information content (AvgIpc) is 2.81. The summed E-state index contributed by atoms with van der Waals surface area (Å²) in [4.78, 5) is 5.62. The maximum Gasteiger partial charge on any atom is 0.123 e. The molecule has 1 aromatic heterocycles. The molecule has 2 aromatic rings. The summed E-state index contributed by atoms with van der Waals surface area (Å²) in [5.74, 6) is 0.315. The van der Waals surface area contributed by atoms with Gasteiger partial charge in [-0.1, -0.05) is 19.1 Å². The molecule has 1 N–H and O–H groups in total. The molecule has 1 aromatic carbocycles. The first-order chi connectivity index (χ1) is 9.67. The van der Waals surface area contributed by atoms with Crippen molar-refractivity contribution in [2.24, 2.45) is 5.92 Å². The molecule has 0 saturated carbocycles. The summed E-state index contributed by atoms with van der Waals surface area (Å²) in [5.41, 5.74) is 1.06. The summed E-state index contributed by atoms with van der Waals surface area (Å²) in [6.07, 6.45) is 3.85. The zero-order valence-corrected chi connectivity index (χ0v) is 12.8. The van der Waals surface area contributed by atoms with Crippen molar-refractivity contribution < 1.29 is 4.39 Å². The van der Waals surface area contributed by atoms with E-state index < -0.39 is 0 Å². The van der Waals surface area contributed by atoms with Crippen LogP contribution in [0.25, 0.3) is 0 Å². The van der Waals surface area contributed by atoms with E-state index in [1.807, 2.05) is 19.2 Å². The van der Waals surface area contributed by atoms with Crippen molar-refractivity contribution in [1.29, 1.82) is 0 Å². The summed E-state index contributed by atoms with van der Waals surface area (Å²) in [7, 11) is 0. The summed E-state index contributed by atoms with van der Waals surface area (Å²) in [6, 6.07) is 6.91. The first-order valence-corrected chi connectivity index (χ1v) is 7.85. The first-order valence-electron chi connectivity index (χ1n) is 7.04. The van der Waals surface area contributed by atoms with E-state index in [1.54, 1.807) is 23.5 Å². The van der Waals surface area contributed by atoms with Crippen LogP contribution in [0.3, 0.4) is 0 Å². The molecule has 0 saturated heterocycles. The Kier molecular flexibility index (Phi) is 5.68. The van der Waals surface area contributed by atoms with Crippen molar-refractivity contribution >= 4 is 11.3 Å². The third-order valence-electron chi connectivity index (χ3n) is 3.26. The van der Waals surface area contributed by atoms with E-state index >= 15 is 0 Å². The van der Waals surface area contributed by atoms with Crippen molar-refractivity contribution in [3.63, 3.8) is 0 Å². The van der Waals surface area contributed by atoms with Crippen LogP contribution in [0.1, 0.15) is 22.4 Å². The van der Waals surface area contributed by atoms with Crippen molar-refractivity contribution in [2.45, 2.75) is 26.7 Å². The number of aromatic nitrogens is 1. The Morgan fingerprint density at radius 3 is 2.85 bits per heavy atom. The fourth-order valence-electron chi connectivity index (χ4n) is 2.35. The number of halogens is 1. The molecule has 2 nitrogen and oxygen atoms in total. The Labute approximate surface area is 124 Å². The van der Waals surface area contributed by atoms with E-state index in [0.29, 0.717) is 5.92 Å².